The van der Waals surface area contributed by atoms with E-state index in [1.165, 1.54) is 22.2 Å². The Morgan fingerprint density at radius 3 is 2.53 bits per heavy atom. The zero-order valence-electron chi connectivity index (χ0n) is 20.6. The molecule has 0 N–H and O–H groups in total. The van der Waals surface area contributed by atoms with Crippen LogP contribution in [0.3, 0.4) is 0 Å². The van der Waals surface area contributed by atoms with Gasteiger partial charge in [0.2, 0.25) is 0 Å². The van der Waals surface area contributed by atoms with E-state index in [0.29, 0.717) is 12.4 Å². The molecule has 7 nitrogen and oxygen atoms in total. The van der Waals surface area contributed by atoms with Gasteiger partial charge in [0.25, 0.3) is 5.89 Å². The van der Waals surface area contributed by atoms with Gasteiger partial charge >= 0.3 is 0 Å². The van der Waals surface area contributed by atoms with E-state index < -0.39 is 0 Å². The molecule has 0 spiro atoms. The Morgan fingerprint density at radius 1 is 0.861 bits per heavy atom. The first-order chi connectivity index (χ1) is 17.7. The Balaban J connectivity index is 1.14. The summed E-state index contributed by atoms with van der Waals surface area (Å²) in [7, 11) is 0. The Labute approximate surface area is 210 Å². The summed E-state index contributed by atoms with van der Waals surface area (Å²) >= 11 is 0. The number of aromatic nitrogens is 4. The fraction of sp³-hybridized carbons (Fsp3) is 0.241. The molecule has 7 heteroatoms. The van der Waals surface area contributed by atoms with E-state index in [2.05, 4.69) is 74.1 Å². The Bertz CT molecular complexity index is 1510. The van der Waals surface area contributed by atoms with Crippen LogP contribution in [0, 0.1) is 13.8 Å². The van der Waals surface area contributed by atoms with Crippen molar-refractivity contribution in [2.24, 2.45) is 0 Å². The molecule has 4 heterocycles. The van der Waals surface area contributed by atoms with Gasteiger partial charge in [0.1, 0.15) is 0 Å². The number of hydrogen-bond donors (Lipinski definition) is 0. The van der Waals surface area contributed by atoms with Crippen molar-refractivity contribution in [2.75, 3.05) is 31.1 Å². The topological polar surface area (TPSA) is 71.2 Å². The third-order valence-electron chi connectivity index (χ3n) is 7.11. The molecular weight excluding hydrogens is 448 g/mol. The van der Waals surface area contributed by atoms with Crippen LogP contribution in [0.25, 0.3) is 33.5 Å². The maximum atomic E-state index is 5.60. The molecule has 36 heavy (non-hydrogen) atoms. The number of pyridine rings is 2. The molecule has 0 saturated carbocycles. The molecule has 1 aliphatic heterocycles. The van der Waals surface area contributed by atoms with Crippen LogP contribution in [0.4, 0.5) is 5.69 Å². The standard InChI is InChI=1S/C29H28N6O/c1-20-4-3-5-24(21(20)2)29-32-28(33-36-29)19-34-14-16-35(17-15-34)27-10-13-31-26-18-23(6-7-25(26)27)22-8-11-30-12-9-22/h3-13,18H,14-17,19H2,1-2H3. The van der Waals surface area contributed by atoms with Crippen molar-refractivity contribution < 1.29 is 4.52 Å². The van der Waals surface area contributed by atoms with Gasteiger partial charge in [-0.25, -0.2) is 0 Å². The van der Waals surface area contributed by atoms with Gasteiger partial charge in [-0.2, -0.15) is 4.98 Å². The summed E-state index contributed by atoms with van der Waals surface area (Å²) in [6, 6.07) is 18.9. The summed E-state index contributed by atoms with van der Waals surface area (Å²) in [6.07, 6.45) is 5.55. The Morgan fingerprint density at radius 2 is 1.69 bits per heavy atom. The average Bonchev–Trinajstić information content (AvgIpc) is 3.38. The van der Waals surface area contributed by atoms with Gasteiger partial charge in [0.05, 0.1) is 12.1 Å². The lowest BCUT2D eigenvalue weighted by molar-refractivity contribution is 0.240. The largest absolute Gasteiger partial charge is 0.368 e. The summed E-state index contributed by atoms with van der Waals surface area (Å²) in [5, 5.41) is 5.44. The zero-order valence-corrected chi connectivity index (χ0v) is 20.6. The molecule has 0 atom stereocenters. The lowest BCUT2D eigenvalue weighted by atomic mass is 10.0. The highest BCUT2D eigenvalue weighted by molar-refractivity contribution is 5.94. The van der Waals surface area contributed by atoms with Crippen molar-refractivity contribution >= 4 is 16.6 Å². The molecule has 6 rings (SSSR count). The second kappa shape index (κ2) is 9.51. The Hall–Kier alpha value is -4.10. The van der Waals surface area contributed by atoms with Crippen LogP contribution in [0.5, 0.6) is 0 Å². The number of aryl methyl sites for hydroxylation is 1. The minimum absolute atomic E-state index is 0.597. The van der Waals surface area contributed by atoms with Crippen LogP contribution < -0.4 is 4.90 Å². The van der Waals surface area contributed by atoms with E-state index >= 15 is 0 Å². The van der Waals surface area contributed by atoms with Crippen LogP contribution in [-0.4, -0.2) is 51.2 Å². The summed E-state index contributed by atoms with van der Waals surface area (Å²) in [5.41, 5.74) is 7.96. The Kier molecular flexibility index (Phi) is 5.91. The quantitative estimate of drug-likeness (QED) is 0.341. The fourth-order valence-electron chi connectivity index (χ4n) is 4.89. The van der Waals surface area contributed by atoms with Gasteiger partial charge in [-0.15, -0.1) is 0 Å². The molecule has 1 fully saturated rings. The molecule has 1 aliphatic rings. The lowest BCUT2D eigenvalue weighted by Gasteiger charge is -2.36. The van der Waals surface area contributed by atoms with E-state index in [0.717, 1.165) is 54.2 Å². The van der Waals surface area contributed by atoms with Crippen LogP contribution in [0.15, 0.2) is 77.7 Å². The summed E-state index contributed by atoms with van der Waals surface area (Å²) in [5.74, 6) is 1.33. The molecular formula is C29H28N6O. The maximum Gasteiger partial charge on any atom is 0.258 e. The third kappa shape index (κ3) is 4.33. The third-order valence-corrected chi connectivity index (χ3v) is 7.11. The number of piperazine rings is 1. The minimum Gasteiger partial charge on any atom is -0.368 e. The zero-order chi connectivity index (χ0) is 24.5. The minimum atomic E-state index is 0.597. The number of fused-ring (bicyclic) bond motifs is 1. The van der Waals surface area contributed by atoms with Crippen molar-refractivity contribution in [3.8, 4) is 22.6 Å². The van der Waals surface area contributed by atoms with Gasteiger partial charge in [0, 0.05) is 61.4 Å². The molecule has 2 aromatic carbocycles. The monoisotopic (exact) mass is 476 g/mol. The molecule has 0 aliphatic carbocycles. The first-order valence-corrected chi connectivity index (χ1v) is 12.3. The van der Waals surface area contributed by atoms with E-state index in [1.54, 1.807) is 0 Å². The molecule has 0 radical (unpaired) electrons. The van der Waals surface area contributed by atoms with Gasteiger partial charge in [0.15, 0.2) is 5.82 Å². The predicted molar refractivity (Wildman–Crippen MR) is 142 cm³/mol. The summed E-state index contributed by atoms with van der Waals surface area (Å²) < 4.78 is 5.60. The number of benzene rings is 2. The van der Waals surface area contributed by atoms with Crippen LogP contribution >= 0.6 is 0 Å². The number of hydrogen-bond acceptors (Lipinski definition) is 7. The fourth-order valence-corrected chi connectivity index (χ4v) is 4.89. The number of nitrogens with zero attached hydrogens (tertiary/aromatic N) is 6. The smallest absolute Gasteiger partial charge is 0.258 e. The lowest BCUT2D eigenvalue weighted by Crippen LogP contribution is -2.46. The maximum absolute atomic E-state index is 5.60. The average molecular weight is 477 g/mol. The second-order valence-corrected chi connectivity index (χ2v) is 9.32. The van der Waals surface area contributed by atoms with Crippen molar-refractivity contribution in [2.45, 2.75) is 20.4 Å². The highest BCUT2D eigenvalue weighted by Gasteiger charge is 2.21. The first kappa shape index (κ1) is 22.4. The normalized spacial score (nSPS) is 14.4. The molecule has 3 aromatic heterocycles. The van der Waals surface area contributed by atoms with Crippen molar-refractivity contribution in [3.05, 3.63) is 90.1 Å². The molecule has 180 valence electrons. The molecule has 0 bridgehead atoms. The van der Waals surface area contributed by atoms with Crippen molar-refractivity contribution in [1.82, 2.24) is 25.0 Å². The van der Waals surface area contributed by atoms with Gasteiger partial charge < -0.3 is 9.42 Å². The van der Waals surface area contributed by atoms with Crippen LogP contribution in [0.2, 0.25) is 0 Å². The van der Waals surface area contributed by atoms with Crippen molar-refractivity contribution in [1.29, 1.82) is 0 Å². The van der Waals surface area contributed by atoms with Gasteiger partial charge in [-0.3, -0.25) is 14.9 Å². The molecule has 0 amide bonds. The van der Waals surface area contributed by atoms with Crippen molar-refractivity contribution in [3.63, 3.8) is 0 Å². The number of rotatable bonds is 5. The summed E-state index contributed by atoms with van der Waals surface area (Å²) in [4.78, 5) is 18.3. The molecule has 5 aromatic rings. The van der Waals surface area contributed by atoms with Crippen LogP contribution in [-0.2, 0) is 6.54 Å². The van der Waals surface area contributed by atoms with Gasteiger partial charge in [-0.05, 0) is 66.4 Å². The summed E-state index contributed by atoms with van der Waals surface area (Å²) in [6.45, 7) is 8.63. The van der Waals surface area contributed by atoms with E-state index in [1.807, 2.05) is 42.9 Å². The first-order valence-electron chi connectivity index (χ1n) is 12.3. The highest BCUT2D eigenvalue weighted by atomic mass is 16.5. The molecule has 0 unspecified atom stereocenters. The second-order valence-electron chi connectivity index (χ2n) is 9.32. The van der Waals surface area contributed by atoms with E-state index in [-0.39, 0.29) is 0 Å². The van der Waals surface area contributed by atoms with E-state index in [9.17, 15) is 0 Å². The molecule has 1 saturated heterocycles. The predicted octanol–water partition coefficient (Wildman–Crippen LogP) is 5.29. The van der Waals surface area contributed by atoms with E-state index in [4.69, 9.17) is 4.52 Å². The SMILES string of the molecule is Cc1cccc(-c2nc(CN3CCN(c4ccnc5cc(-c6ccncc6)ccc45)CC3)no2)c1C. The highest BCUT2D eigenvalue weighted by Crippen LogP contribution is 2.30. The number of anilines is 1. The van der Waals surface area contributed by atoms with Gasteiger partial charge in [-0.1, -0.05) is 29.4 Å². The van der Waals surface area contributed by atoms with Crippen LogP contribution in [0.1, 0.15) is 17.0 Å².